The predicted octanol–water partition coefficient (Wildman–Crippen LogP) is 3.37. The van der Waals surface area contributed by atoms with Crippen molar-refractivity contribution in [3.8, 4) is 5.75 Å². The van der Waals surface area contributed by atoms with E-state index in [0.29, 0.717) is 18.1 Å². The first-order valence-electron chi connectivity index (χ1n) is 7.24. The van der Waals surface area contributed by atoms with Gasteiger partial charge in [0, 0.05) is 18.7 Å². The molecule has 0 aromatic heterocycles. The molecule has 1 aromatic rings. The number of alkyl halides is 2. The first-order valence-corrected chi connectivity index (χ1v) is 7.24. The van der Waals surface area contributed by atoms with E-state index in [1.54, 1.807) is 18.2 Å². The summed E-state index contributed by atoms with van der Waals surface area (Å²) in [6.45, 7) is 1.12. The van der Waals surface area contributed by atoms with Crippen LogP contribution in [0.15, 0.2) is 29.3 Å². The van der Waals surface area contributed by atoms with Crippen molar-refractivity contribution < 1.29 is 13.5 Å². The van der Waals surface area contributed by atoms with Crippen LogP contribution in [0, 0.1) is 5.92 Å². The van der Waals surface area contributed by atoms with Crippen molar-refractivity contribution >= 4 is 29.9 Å². The molecule has 0 radical (unpaired) electrons. The minimum atomic E-state index is -2.82. The van der Waals surface area contributed by atoms with Crippen LogP contribution < -0.4 is 15.4 Å². The molecule has 22 heavy (non-hydrogen) atoms. The van der Waals surface area contributed by atoms with Gasteiger partial charge in [0.1, 0.15) is 5.75 Å². The molecule has 0 heterocycles. The van der Waals surface area contributed by atoms with Crippen LogP contribution in [0.4, 0.5) is 8.78 Å². The highest BCUT2D eigenvalue weighted by Crippen LogP contribution is 2.27. The van der Waals surface area contributed by atoms with Gasteiger partial charge in [0.25, 0.3) is 0 Å². The average molecular weight is 425 g/mol. The molecule has 0 saturated heterocycles. The minimum Gasteiger partial charge on any atom is -0.434 e. The smallest absolute Gasteiger partial charge is 0.387 e. The second-order valence-electron chi connectivity index (χ2n) is 5.01. The summed E-state index contributed by atoms with van der Waals surface area (Å²) in [4.78, 5) is 4.42. The molecule has 2 rings (SSSR count). The summed E-state index contributed by atoms with van der Waals surface area (Å²) >= 11 is 0. The maximum Gasteiger partial charge on any atom is 0.387 e. The molecule has 1 saturated carbocycles. The number of nitrogens with one attached hydrogen (secondary N) is 2. The summed E-state index contributed by atoms with van der Waals surface area (Å²) in [5.74, 6) is 1.62. The largest absolute Gasteiger partial charge is 0.434 e. The molecule has 0 amide bonds. The van der Waals surface area contributed by atoms with E-state index in [0.717, 1.165) is 19.0 Å². The summed E-state index contributed by atoms with van der Waals surface area (Å²) in [6.07, 6.45) is 2.52. The highest BCUT2D eigenvalue weighted by molar-refractivity contribution is 14.0. The van der Waals surface area contributed by atoms with Crippen LogP contribution in [0.2, 0.25) is 0 Å². The summed E-state index contributed by atoms with van der Waals surface area (Å²) < 4.78 is 29.2. The normalized spacial score (nSPS) is 14.5. The number of nitrogens with zero attached hydrogens (tertiary/aromatic N) is 1. The predicted molar refractivity (Wildman–Crippen MR) is 94.0 cm³/mol. The van der Waals surface area contributed by atoms with Crippen molar-refractivity contribution in [2.24, 2.45) is 10.9 Å². The molecule has 0 bridgehead atoms. The van der Waals surface area contributed by atoms with Crippen LogP contribution in [0.25, 0.3) is 0 Å². The number of guanidine groups is 1. The van der Waals surface area contributed by atoms with Gasteiger partial charge in [-0.15, -0.1) is 24.0 Å². The van der Waals surface area contributed by atoms with E-state index in [4.69, 9.17) is 0 Å². The fraction of sp³-hybridized carbons (Fsp3) is 0.533. The third-order valence-electron chi connectivity index (χ3n) is 3.20. The van der Waals surface area contributed by atoms with Crippen LogP contribution in [0.1, 0.15) is 25.3 Å². The Bertz CT molecular complexity index is 482. The van der Waals surface area contributed by atoms with Crippen molar-refractivity contribution in [1.82, 2.24) is 10.6 Å². The molecule has 0 unspecified atom stereocenters. The second kappa shape index (κ2) is 9.81. The molecule has 4 nitrogen and oxygen atoms in total. The van der Waals surface area contributed by atoms with E-state index in [-0.39, 0.29) is 29.7 Å². The van der Waals surface area contributed by atoms with Gasteiger partial charge in [-0.2, -0.15) is 8.78 Å². The monoisotopic (exact) mass is 425 g/mol. The Labute approximate surface area is 146 Å². The Balaban J connectivity index is 0.00000242. The lowest BCUT2D eigenvalue weighted by atomic mass is 10.2. The number of para-hydroxylation sites is 1. The van der Waals surface area contributed by atoms with Crippen molar-refractivity contribution in [1.29, 1.82) is 0 Å². The Hall–Kier alpha value is -1.12. The minimum absolute atomic E-state index is 0. The van der Waals surface area contributed by atoms with Gasteiger partial charge in [-0.25, -0.2) is 4.99 Å². The van der Waals surface area contributed by atoms with E-state index in [9.17, 15) is 8.78 Å². The zero-order valence-electron chi connectivity index (χ0n) is 12.5. The number of halogens is 3. The maximum absolute atomic E-state index is 12.4. The Kier molecular flexibility index (Phi) is 8.44. The lowest BCUT2D eigenvalue weighted by Gasteiger charge is -2.12. The van der Waals surface area contributed by atoms with Gasteiger partial charge in [-0.05, 0) is 31.7 Å². The lowest BCUT2D eigenvalue weighted by molar-refractivity contribution is -0.0504. The Morgan fingerprint density at radius 2 is 2.05 bits per heavy atom. The molecular weight excluding hydrogens is 403 g/mol. The summed E-state index contributed by atoms with van der Waals surface area (Å²) in [5.41, 5.74) is 0.640. The van der Waals surface area contributed by atoms with Crippen molar-refractivity contribution in [2.75, 3.05) is 13.1 Å². The Morgan fingerprint density at radius 1 is 1.32 bits per heavy atom. The number of ether oxygens (including phenoxy) is 1. The van der Waals surface area contributed by atoms with Gasteiger partial charge in [0.05, 0.1) is 6.54 Å². The SMILES string of the molecule is CCNC(=NCc1ccccc1OC(F)F)NCC1CC1.I. The zero-order valence-corrected chi connectivity index (χ0v) is 14.8. The standard InChI is InChI=1S/C15H21F2N3O.HI/c1-2-18-15(19-9-11-7-8-11)20-10-12-5-3-4-6-13(12)21-14(16)17;/h3-6,11,14H,2,7-10H2,1H3,(H2,18,19,20);1H. The first-order chi connectivity index (χ1) is 10.2. The lowest BCUT2D eigenvalue weighted by Crippen LogP contribution is -2.38. The van der Waals surface area contributed by atoms with Crippen LogP contribution in [-0.4, -0.2) is 25.7 Å². The molecular formula is C15H22F2IN3O. The van der Waals surface area contributed by atoms with E-state index in [2.05, 4.69) is 20.4 Å². The average Bonchev–Trinajstić information content (AvgIpc) is 3.27. The van der Waals surface area contributed by atoms with E-state index in [1.165, 1.54) is 18.9 Å². The number of hydrogen-bond donors (Lipinski definition) is 2. The molecule has 0 spiro atoms. The van der Waals surface area contributed by atoms with Gasteiger partial charge >= 0.3 is 6.61 Å². The summed E-state index contributed by atoms with van der Waals surface area (Å²) in [6, 6.07) is 6.72. The molecule has 1 aromatic carbocycles. The Morgan fingerprint density at radius 3 is 2.68 bits per heavy atom. The van der Waals surface area contributed by atoms with Crippen molar-refractivity contribution in [2.45, 2.75) is 32.9 Å². The number of rotatable bonds is 7. The molecule has 1 aliphatic rings. The second-order valence-corrected chi connectivity index (χ2v) is 5.01. The zero-order chi connectivity index (χ0) is 15.1. The van der Waals surface area contributed by atoms with E-state index >= 15 is 0 Å². The van der Waals surface area contributed by atoms with E-state index in [1.807, 2.05) is 6.92 Å². The van der Waals surface area contributed by atoms with Gasteiger partial charge < -0.3 is 15.4 Å². The van der Waals surface area contributed by atoms with E-state index < -0.39 is 6.61 Å². The molecule has 0 aliphatic heterocycles. The maximum atomic E-state index is 12.4. The van der Waals surface area contributed by atoms with Crippen LogP contribution in [0.5, 0.6) is 5.75 Å². The van der Waals surface area contributed by atoms with Crippen LogP contribution >= 0.6 is 24.0 Å². The topological polar surface area (TPSA) is 45.7 Å². The number of benzene rings is 1. The van der Waals surface area contributed by atoms with Gasteiger partial charge in [0.2, 0.25) is 0 Å². The highest BCUT2D eigenvalue weighted by atomic mass is 127. The quantitative estimate of drug-likeness (QED) is 0.400. The molecule has 2 N–H and O–H groups in total. The van der Waals surface area contributed by atoms with Crippen LogP contribution in [-0.2, 0) is 6.54 Å². The van der Waals surface area contributed by atoms with Crippen molar-refractivity contribution in [3.63, 3.8) is 0 Å². The molecule has 124 valence electrons. The first kappa shape index (κ1) is 18.9. The van der Waals surface area contributed by atoms with Gasteiger partial charge in [0.15, 0.2) is 5.96 Å². The molecule has 1 fully saturated rings. The third-order valence-corrected chi connectivity index (χ3v) is 3.20. The summed E-state index contributed by atoms with van der Waals surface area (Å²) in [7, 11) is 0. The van der Waals surface area contributed by atoms with Gasteiger partial charge in [-0.1, -0.05) is 18.2 Å². The van der Waals surface area contributed by atoms with Gasteiger partial charge in [-0.3, -0.25) is 0 Å². The molecule has 0 atom stereocenters. The highest BCUT2D eigenvalue weighted by Gasteiger charge is 2.21. The number of hydrogen-bond acceptors (Lipinski definition) is 2. The van der Waals surface area contributed by atoms with Crippen molar-refractivity contribution in [3.05, 3.63) is 29.8 Å². The fourth-order valence-electron chi connectivity index (χ4n) is 1.91. The summed E-state index contributed by atoms with van der Waals surface area (Å²) in [5, 5.41) is 6.41. The van der Waals surface area contributed by atoms with Crippen LogP contribution in [0.3, 0.4) is 0 Å². The molecule has 1 aliphatic carbocycles. The number of aliphatic imine (C=N–C) groups is 1. The third kappa shape index (κ3) is 6.76. The molecule has 7 heteroatoms. The fourth-order valence-corrected chi connectivity index (χ4v) is 1.91.